The van der Waals surface area contributed by atoms with Gasteiger partial charge in [-0.2, -0.15) is 10.2 Å². The van der Waals surface area contributed by atoms with E-state index in [4.69, 9.17) is 11.6 Å². The molecule has 1 atom stereocenters. The molecular weight excluding hydrogens is 348 g/mol. The van der Waals surface area contributed by atoms with E-state index in [9.17, 15) is 14.9 Å². The summed E-state index contributed by atoms with van der Waals surface area (Å²) in [5.74, 6) is -0.457. The highest BCUT2D eigenvalue weighted by Crippen LogP contribution is 2.34. The third-order valence-corrected chi connectivity index (χ3v) is 4.64. The fraction of sp³-hybridized carbons (Fsp3) is 0.533. The summed E-state index contributed by atoms with van der Waals surface area (Å²) >= 11 is 6.28. The summed E-state index contributed by atoms with van der Waals surface area (Å²) in [6.45, 7) is 0.490. The molecule has 3 rings (SSSR count). The first kappa shape index (κ1) is 17.4. The van der Waals surface area contributed by atoms with Crippen LogP contribution in [0.15, 0.2) is 12.4 Å². The van der Waals surface area contributed by atoms with Crippen LogP contribution in [0.1, 0.15) is 47.9 Å². The molecule has 1 amide bonds. The molecule has 1 aliphatic rings. The normalized spacial score (nSPS) is 18.2. The Labute approximate surface area is 149 Å². The van der Waals surface area contributed by atoms with E-state index in [1.165, 1.54) is 10.9 Å². The first-order valence-corrected chi connectivity index (χ1v) is 8.44. The molecule has 9 nitrogen and oxygen atoms in total. The maximum atomic E-state index is 13.1. The predicted octanol–water partition coefficient (Wildman–Crippen LogP) is 2.47. The molecule has 0 aliphatic carbocycles. The van der Waals surface area contributed by atoms with E-state index in [0.29, 0.717) is 23.7 Å². The van der Waals surface area contributed by atoms with E-state index in [1.807, 2.05) is 0 Å². The van der Waals surface area contributed by atoms with Gasteiger partial charge in [0.1, 0.15) is 11.9 Å². The molecule has 0 bridgehead atoms. The maximum Gasteiger partial charge on any atom is 0.320 e. The monoisotopic (exact) mass is 366 g/mol. The summed E-state index contributed by atoms with van der Waals surface area (Å²) in [6.07, 6.45) is 6.39. The van der Waals surface area contributed by atoms with Crippen LogP contribution in [0.3, 0.4) is 0 Å². The zero-order valence-corrected chi connectivity index (χ0v) is 14.8. The molecule has 1 unspecified atom stereocenters. The van der Waals surface area contributed by atoms with Crippen molar-refractivity contribution in [2.45, 2.75) is 31.7 Å². The van der Waals surface area contributed by atoms with Crippen molar-refractivity contribution in [1.29, 1.82) is 0 Å². The lowest BCUT2D eigenvalue weighted by Gasteiger charge is -2.28. The van der Waals surface area contributed by atoms with Gasteiger partial charge in [-0.15, -0.1) is 0 Å². The number of nitro groups is 1. The fourth-order valence-corrected chi connectivity index (χ4v) is 3.54. The van der Waals surface area contributed by atoms with Crippen molar-refractivity contribution >= 4 is 23.2 Å². The van der Waals surface area contributed by atoms with Crippen LogP contribution >= 0.6 is 11.6 Å². The molecule has 0 radical (unpaired) electrons. The second kappa shape index (κ2) is 6.83. The predicted molar refractivity (Wildman–Crippen MR) is 90.3 cm³/mol. The summed E-state index contributed by atoms with van der Waals surface area (Å²) in [5, 5.41) is 20.1. The number of hydrogen-bond donors (Lipinski definition) is 0. The summed E-state index contributed by atoms with van der Waals surface area (Å²) in [6, 6.07) is -0.315. The first-order valence-electron chi connectivity index (χ1n) is 8.06. The van der Waals surface area contributed by atoms with Gasteiger partial charge < -0.3 is 4.90 Å². The molecule has 0 N–H and O–H groups in total. The second-order valence-corrected chi connectivity index (χ2v) is 6.60. The molecule has 2 aromatic rings. The summed E-state index contributed by atoms with van der Waals surface area (Å²) in [7, 11) is 3.32. The first-order chi connectivity index (χ1) is 11.9. The maximum absolute atomic E-state index is 13.1. The van der Waals surface area contributed by atoms with Gasteiger partial charge in [-0.25, -0.2) is 0 Å². The van der Waals surface area contributed by atoms with Crippen molar-refractivity contribution in [2.24, 2.45) is 14.1 Å². The molecule has 3 heterocycles. The Hall–Kier alpha value is -2.42. The Kier molecular flexibility index (Phi) is 4.76. The van der Waals surface area contributed by atoms with Crippen molar-refractivity contribution in [1.82, 2.24) is 24.5 Å². The Morgan fingerprint density at radius 1 is 1.24 bits per heavy atom. The van der Waals surface area contributed by atoms with Crippen LogP contribution in [0.5, 0.6) is 0 Å². The van der Waals surface area contributed by atoms with Crippen molar-refractivity contribution in [3.63, 3.8) is 0 Å². The lowest BCUT2D eigenvalue weighted by molar-refractivity contribution is -0.385. The van der Waals surface area contributed by atoms with Gasteiger partial charge in [0.25, 0.3) is 5.91 Å². The third kappa shape index (κ3) is 3.37. The van der Waals surface area contributed by atoms with Gasteiger partial charge in [0.2, 0.25) is 5.69 Å². The Balaban J connectivity index is 2.01. The molecule has 134 valence electrons. The highest BCUT2D eigenvalue weighted by atomic mass is 35.5. The Morgan fingerprint density at radius 3 is 2.60 bits per heavy atom. The highest BCUT2D eigenvalue weighted by Gasteiger charge is 2.35. The van der Waals surface area contributed by atoms with Crippen molar-refractivity contribution < 1.29 is 9.72 Å². The van der Waals surface area contributed by atoms with Crippen LogP contribution in [-0.2, 0) is 14.1 Å². The molecule has 1 aliphatic heterocycles. The van der Waals surface area contributed by atoms with E-state index in [0.717, 1.165) is 19.3 Å². The molecule has 1 saturated heterocycles. The Bertz CT molecular complexity index is 814. The minimum atomic E-state index is -0.583. The molecule has 0 saturated carbocycles. The van der Waals surface area contributed by atoms with Gasteiger partial charge >= 0.3 is 5.69 Å². The van der Waals surface area contributed by atoms with Gasteiger partial charge in [-0.1, -0.05) is 24.4 Å². The lowest BCUT2D eigenvalue weighted by atomic mass is 10.1. The average molecular weight is 367 g/mol. The minimum Gasteiger partial charge on any atom is -0.328 e. The summed E-state index contributed by atoms with van der Waals surface area (Å²) in [4.78, 5) is 25.3. The van der Waals surface area contributed by atoms with Gasteiger partial charge in [-0.05, 0) is 12.8 Å². The molecule has 10 heteroatoms. The van der Waals surface area contributed by atoms with E-state index in [1.54, 1.807) is 29.9 Å². The second-order valence-electron chi connectivity index (χ2n) is 6.19. The van der Waals surface area contributed by atoms with Crippen LogP contribution in [0, 0.1) is 10.1 Å². The van der Waals surface area contributed by atoms with Crippen molar-refractivity contribution in [3.05, 3.63) is 38.9 Å². The molecular formula is C15H19ClN6O3. The number of aromatic nitrogens is 4. The van der Waals surface area contributed by atoms with Gasteiger partial charge in [-0.3, -0.25) is 24.3 Å². The lowest BCUT2D eigenvalue weighted by Crippen LogP contribution is -2.36. The van der Waals surface area contributed by atoms with E-state index >= 15 is 0 Å². The Morgan fingerprint density at radius 2 is 1.96 bits per heavy atom. The fourth-order valence-electron chi connectivity index (χ4n) is 3.24. The number of carbonyl (C=O) groups excluding carboxylic acids is 1. The van der Waals surface area contributed by atoms with E-state index in [2.05, 4.69) is 10.2 Å². The smallest absolute Gasteiger partial charge is 0.320 e. The van der Waals surface area contributed by atoms with E-state index < -0.39 is 10.8 Å². The van der Waals surface area contributed by atoms with E-state index in [-0.39, 0.29) is 17.4 Å². The number of carbonyl (C=O) groups is 1. The number of halogens is 1. The molecule has 2 aromatic heterocycles. The zero-order valence-electron chi connectivity index (χ0n) is 14.1. The topological polar surface area (TPSA) is 99.1 Å². The van der Waals surface area contributed by atoms with Crippen molar-refractivity contribution in [2.75, 3.05) is 6.54 Å². The van der Waals surface area contributed by atoms with Gasteiger partial charge in [0, 0.05) is 26.8 Å². The number of amides is 1. The number of hydrogen-bond acceptors (Lipinski definition) is 5. The average Bonchev–Trinajstić information content (AvgIpc) is 2.99. The molecule has 0 aromatic carbocycles. The quantitative estimate of drug-likeness (QED) is 0.613. The number of nitrogens with zero attached hydrogens (tertiary/aromatic N) is 6. The van der Waals surface area contributed by atoms with Crippen LogP contribution in [-0.4, -0.2) is 41.8 Å². The van der Waals surface area contributed by atoms with Gasteiger partial charge in [0.15, 0.2) is 0 Å². The molecule has 25 heavy (non-hydrogen) atoms. The molecule has 0 spiro atoms. The van der Waals surface area contributed by atoms with Crippen LogP contribution < -0.4 is 0 Å². The van der Waals surface area contributed by atoms with Crippen LogP contribution in [0.25, 0.3) is 0 Å². The number of aryl methyl sites for hydroxylation is 2. The SMILES string of the molecule is Cn1cc([N+](=O)[O-])c(C(=O)N2CCCCCC2c2nn(C)cc2Cl)n1. The standard InChI is InChI=1S/C15H19ClN6O3/c1-19-8-10(16)13(17-19)11-6-4-3-5-7-21(11)15(23)14-12(22(24)25)9-20(2)18-14/h8-9,11H,3-7H2,1-2H3. The summed E-state index contributed by atoms with van der Waals surface area (Å²) in [5.41, 5.74) is 0.187. The minimum absolute atomic E-state index is 0.147. The van der Waals surface area contributed by atoms with Crippen LogP contribution in [0.2, 0.25) is 5.02 Å². The van der Waals surface area contributed by atoms with Crippen LogP contribution in [0.4, 0.5) is 5.69 Å². The largest absolute Gasteiger partial charge is 0.328 e. The number of rotatable bonds is 3. The van der Waals surface area contributed by atoms with Gasteiger partial charge in [0.05, 0.1) is 16.0 Å². The summed E-state index contributed by atoms with van der Waals surface area (Å²) < 4.78 is 2.89. The third-order valence-electron chi connectivity index (χ3n) is 4.35. The highest BCUT2D eigenvalue weighted by molar-refractivity contribution is 6.31. The molecule has 1 fully saturated rings. The van der Waals surface area contributed by atoms with Crippen molar-refractivity contribution in [3.8, 4) is 0 Å². The number of likely N-dealkylation sites (tertiary alicyclic amines) is 1. The zero-order chi connectivity index (χ0) is 18.1.